The van der Waals surface area contributed by atoms with Gasteiger partial charge in [-0.05, 0) is 48.3 Å². The molecule has 1 aliphatic carbocycles. The molecule has 0 nitrogen and oxygen atoms in total. The molecular formula is C14H19Br. The third kappa shape index (κ3) is 2.84. The highest BCUT2D eigenvalue weighted by atomic mass is 79.9. The molecule has 0 radical (unpaired) electrons. The number of halogens is 1. The number of hydrogen-bond donors (Lipinski definition) is 0. The van der Waals surface area contributed by atoms with Crippen molar-refractivity contribution in [2.24, 2.45) is 5.41 Å². The van der Waals surface area contributed by atoms with Gasteiger partial charge in [0.1, 0.15) is 0 Å². The molecule has 1 unspecified atom stereocenters. The summed E-state index contributed by atoms with van der Waals surface area (Å²) in [6, 6.07) is 8.82. The van der Waals surface area contributed by atoms with Crippen molar-refractivity contribution in [1.29, 1.82) is 0 Å². The van der Waals surface area contributed by atoms with Crippen molar-refractivity contribution in [2.75, 3.05) is 0 Å². The number of benzene rings is 1. The van der Waals surface area contributed by atoms with E-state index in [1.807, 2.05) is 0 Å². The van der Waals surface area contributed by atoms with Crippen molar-refractivity contribution >= 4 is 15.9 Å². The van der Waals surface area contributed by atoms with Gasteiger partial charge in [-0.1, -0.05) is 48.3 Å². The standard InChI is InChI=1S/C14H19Br/c1-14(2)8-4-6-12(10-14)11-5-3-7-13(15)9-11/h3,5,7,9,12H,4,6,8,10H2,1-2H3. The van der Waals surface area contributed by atoms with Gasteiger partial charge in [0.2, 0.25) is 0 Å². The molecule has 0 aromatic heterocycles. The molecule has 0 amide bonds. The summed E-state index contributed by atoms with van der Waals surface area (Å²) in [7, 11) is 0. The van der Waals surface area contributed by atoms with Gasteiger partial charge >= 0.3 is 0 Å². The lowest BCUT2D eigenvalue weighted by Gasteiger charge is -2.35. The van der Waals surface area contributed by atoms with E-state index in [1.165, 1.54) is 35.7 Å². The Balaban J connectivity index is 2.17. The van der Waals surface area contributed by atoms with Crippen molar-refractivity contribution in [3.63, 3.8) is 0 Å². The SMILES string of the molecule is CC1(C)CCCC(c2cccc(Br)c2)C1. The fourth-order valence-corrected chi connectivity index (χ4v) is 3.16. The van der Waals surface area contributed by atoms with Crippen molar-refractivity contribution in [1.82, 2.24) is 0 Å². The zero-order chi connectivity index (χ0) is 10.9. The maximum Gasteiger partial charge on any atom is 0.0178 e. The van der Waals surface area contributed by atoms with Crippen LogP contribution in [0.25, 0.3) is 0 Å². The monoisotopic (exact) mass is 266 g/mol. The average molecular weight is 267 g/mol. The first-order valence-electron chi connectivity index (χ1n) is 5.82. The minimum absolute atomic E-state index is 0.533. The summed E-state index contributed by atoms with van der Waals surface area (Å²) in [6.07, 6.45) is 5.46. The van der Waals surface area contributed by atoms with Gasteiger partial charge in [-0.2, -0.15) is 0 Å². The van der Waals surface area contributed by atoms with Crippen molar-refractivity contribution in [3.8, 4) is 0 Å². The van der Waals surface area contributed by atoms with Crippen LogP contribution in [0.5, 0.6) is 0 Å². The molecule has 1 aromatic rings. The summed E-state index contributed by atoms with van der Waals surface area (Å²) in [5.74, 6) is 0.770. The first kappa shape index (κ1) is 11.2. The summed E-state index contributed by atoms with van der Waals surface area (Å²) >= 11 is 3.56. The lowest BCUT2D eigenvalue weighted by Crippen LogP contribution is -2.21. The van der Waals surface area contributed by atoms with Gasteiger partial charge in [0, 0.05) is 4.47 Å². The van der Waals surface area contributed by atoms with Crippen molar-refractivity contribution in [3.05, 3.63) is 34.3 Å². The molecule has 1 atom stereocenters. The van der Waals surface area contributed by atoms with E-state index >= 15 is 0 Å². The molecule has 1 aromatic carbocycles. The first-order chi connectivity index (χ1) is 7.07. The van der Waals surface area contributed by atoms with E-state index in [-0.39, 0.29) is 0 Å². The Labute approximate surface area is 101 Å². The third-order valence-corrected chi connectivity index (χ3v) is 4.02. The van der Waals surface area contributed by atoms with Crippen LogP contribution in [0.4, 0.5) is 0 Å². The van der Waals surface area contributed by atoms with Gasteiger partial charge in [-0.25, -0.2) is 0 Å². The number of hydrogen-bond acceptors (Lipinski definition) is 0. The number of rotatable bonds is 1. The van der Waals surface area contributed by atoms with E-state index in [1.54, 1.807) is 0 Å². The molecule has 2 rings (SSSR count). The smallest absolute Gasteiger partial charge is 0.0178 e. The van der Waals surface area contributed by atoms with Crippen LogP contribution in [0, 0.1) is 5.41 Å². The van der Waals surface area contributed by atoms with Gasteiger partial charge < -0.3 is 0 Å². The minimum atomic E-state index is 0.533. The maximum atomic E-state index is 3.56. The lowest BCUT2D eigenvalue weighted by atomic mass is 9.70. The Bertz CT molecular complexity index is 341. The zero-order valence-electron chi connectivity index (χ0n) is 9.59. The summed E-state index contributed by atoms with van der Waals surface area (Å²) in [6.45, 7) is 4.80. The molecule has 0 aliphatic heterocycles. The van der Waals surface area contributed by atoms with E-state index in [2.05, 4.69) is 54.0 Å². The van der Waals surface area contributed by atoms with E-state index < -0.39 is 0 Å². The highest BCUT2D eigenvalue weighted by molar-refractivity contribution is 9.10. The lowest BCUT2D eigenvalue weighted by molar-refractivity contribution is 0.219. The van der Waals surface area contributed by atoms with Gasteiger partial charge in [0.15, 0.2) is 0 Å². The minimum Gasteiger partial charge on any atom is -0.0609 e. The Morgan fingerprint density at radius 2 is 2.13 bits per heavy atom. The molecule has 0 spiro atoms. The molecule has 0 bridgehead atoms. The molecule has 0 N–H and O–H groups in total. The van der Waals surface area contributed by atoms with Crippen LogP contribution in [0.2, 0.25) is 0 Å². The van der Waals surface area contributed by atoms with Crippen LogP contribution < -0.4 is 0 Å². The van der Waals surface area contributed by atoms with Gasteiger partial charge in [0.05, 0.1) is 0 Å². The quantitative estimate of drug-likeness (QED) is 0.661. The highest BCUT2D eigenvalue weighted by Gasteiger charge is 2.28. The van der Waals surface area contributed by atoms with Crippen LogP contribution in [-0.4, -0.2) is 0 Å². The van der Waals surface area contributed by atoms with Crippen molar-refractivity contribution < 1.29 is 0 Å². The fourth-order valence-electron chi connectivity index (χ4n) is 2.74. The molecule has 1 aliphatic rings. The van der Waals surface area contributed by atoms with Crippen LogP contribution in [0.15, 0.2) is 28.7 Å². The van der Waals surface area contributed by atoms with Crippen LogP contribution in [0.1, 0.15) is 51.0 Å². The largest absolute Gasteiger partial charge is 0.0609 e. The van der Waals surface area contributed by atoms with Gasteiger partial charge in [-0.3, -0.25) is 0 Å². The second-order valence-electron chi connectivity index (χ2n) is 5.51. The van der Waals surface area contributed by atoms with Gasteiger partial charge in [-0.15, -0.1) is 0 Å². The predicted molar refractivity (Wildman–Crippen MR) is 69.1 cm³/mol. The van der Waals surface area contributed by atoms with Crippen LogP contribution >= 0.6 is 15.9 Å². The molecular weight excluding hydrogens is 248 g/mol. The molecule has 82 valence electrons. The van der Waals surface area contributed by atoms with E-state index in [0.29, 0.717) is 5.41 Å². The van der Waals surface area contributed by atoms with E-state index in [0.717, 1.165) is 5.92 Å². The molecule has 1 saturated carbocycles. The van der Waals surface area contributed by atoms with Crippen LogP contribution in [-0.2, 0) is 0 Å². The summed E-state index contributed by atoms with van der Waals surface area (Å²) in [4.78, 5) is 0. The zero-order valence-corrected chi connectivity index (χ0v) is 11.2. The molecule has 1 heteroatoms. The van der Waals surface area contributed by atoms with E-state index in [4.69, 9.17) is 0 Å². The fraction of sp³-hybridized carbons (Fsp3) is 0.571. The second kappa shape index (κ2) is 4.29. The first-order valence-corrected chi connectivity index (χ1v) is 6.62. The topological polar surface area (TPSA) is 0 Å². The Morgan fingerprint density at radius 3 is 2.80 bits per heavy atom. The Morgan fingerprint density at radius 1 is 1.33 bits per heavy atom. The summed E-state index contributed by atoms with van der Waals surface area (Å²) in [5, 5.41) is 0. The summed E-state index contributed by atoms with van der Waals surface area (Å²) in [5.41, 5.74) is 2.04. The Hall–Kier alpha value is -0.300. The summed E-state index contributed by atoms with van der Waals surface area (Å²) < 4.78 is 1.21. The van der Waals surface area contributed by atoms with Crippen LogP contribution in [0.3, 0.4) is 0 Å². The maximum absolute atomic E-state index is 3.56. The predicted octanol–water partition coefficient (Wildman–Crippen LogP) is 5.13. The van der Waals surface area contributed by atoms with Crippen molar-refractivity contribution in [2.45, 2.75) is 45.4 Å². The normalized spacial score (nSPS) is 25.1. The highest BCUT2D eigenvalue weighted by Crippen LogP contribution is 2.43. The molecule has 15 heavy (non-hydrogen) atoms. The molecule has 0 heterocycles. The molecule has 1 fully saturated rings. The van der Waals surface area contributed by atoms with Gasteiger partial charge in [0.25, 0.3) is 0 Å². The second-order valence-corrected chi connectivity index (χ2v) is 6.43. The Kier molecular flexibility index (Phi) is 3.20. The van der Waals surface area contributed by atoms with E-state index in [9.17, 15) is 0 Å². The molecule has 0 saturated heterocycles. The third-order valence-electron chi connectivity index (χ3n) is 3.53. The average Bonchev–Trinajstić information content (AvgIpc) is 2.16.